The van der Waals surface area contributed by atoms with E-state index in [4.69, 9.17) is 17.3 Å². The Morgan fingerprint density at radius 2 is 1.86 bits per heavy atom. The summed E-state index contributed by atoms with van der Waals surface area (Å²) in [6.07, 6.45) is 7.45. The second-order valence-electron chi connectivity index (χ2n) is 9.33. The molecular weight excluding hydrogens is 469 g/mol. The summed E-state index contributed by atoms with van der Waals surface area (Å²) in [5, 5.41) is 11.4. The van der Waals surface area contributed by atoms with Crippen LogP contribution < -0.4 is 16.3 Å². The molecule has 0 saturated carbocycles. The summed E-state index contributed by atoms with van der Waals surface area (Å²) in [4.78, 5) is 18.8. The maximum Gasteiger partial charge on any atom is 0.332 e. The monoisotopic (exact) mass is 493 g/mol. The normalized spacial score (nSPS) is 17.8. The first-order chi connectivity index (χ1) is 16.6. The lowest BCUT2D eigenvalue weighted by molar-refractivity contribution is 0.477. The Hall–Kier alpha value is -3.62. The number of imidazole rings is 1. The average molecular weight is 494 g/mol. The number of halogens is 2. The average Bonchev–Trinajstić information content (AvgIpc) is 3.36. The van der Waals surface area contributed by atoms with Crippen LogP contribution in [0.4, 0.5) is 10.1 Å². The van der Waals surface area contributed by atoms with Crippen molar-refractivity contribution >= 4 is 17.3 Å². The fourth-order valence-corrected chi connectivity index (χ4v) is 4.78. The molecule has 7 nitrogen and oxygen atoms in total. The van der Waals surface area contributed by atoms with Crippen LogP contribution in [0.2, 0.25) is 5.02 Å². The van der Waals surface area contributed by atoms with Crippen LogP contribution in [-0.4, -0.2) is 37.9 Å². The Bertz CT molecular complexity index is 1490. The summed E-state index contributed by atoms with van der Waals surface area (Å²) in [6, 6.07) is 9.40. The van der Waals surface area contributed by atoms with Gasteiger partial charge in [-0.2, -0.15) is 0 Å². The first-order valence-electron chi connectivity index (χ1n) is 11.2. The third-order valence-electron chi connectivity index (χ3n) is 6.44. The molecule has 3 N–H and O–H groups in total. The Kier molecular flexibility index (Phi) is 5.65. The molecule has 0 aliphatic carbocycles. The molecule has 180 valence electrons. The van der Waals surface area contributed by atoms with Crippen molar-refractivity contribution in [1.29, 1.82) is 0 Å². The van der Waals surface area contributed by atoms with E-state index in [-0.39, 0.29) is 22.5 Å². The number of nitrogens with zero attached hydrogens (tertiary/aromatic N) is 4. The molecule has 2 aromatic carbocycles. The lowest BCUT2D eigenvalue weighted by Crippen LogP contribution is -2.39. The molecule has 5 rings (SSSR count). The molecule has 1 aliphatic heterocycles. The van der Waals surface area contributed by atoms with Gasteiger partial charge in [-0.05, 0) is 49.2 Å². The maximum absolute atomic E-state index is 14.7. The molecule has 0 spiro atoms. The predicted octanol–water partition coefficient (Wildman–Crippen LogP) is 4.33. The highest BCUT2D eigenvalue weighted by atomic mass is 35.5. The Morgan fingerprint density at radius 3 is 2.49 bits per heavy atom. The number of pyridine rings is 1. The van der Waals surface area contributed by atoms with E-state index in [1.807, 2.05) is 13.0 Å². The van der Waals surface area contributed by atoms with Crippen LogP contribution in [0, 0.1) is 5.82 Å². The zero-order chi connectivity index (χ0) is 24.9. The van der Waals surface area contributed by atoms with Gasteiger partial charge in [-0.3, -0.25) is 9.55 Å². The molecule has 1 atom stereocenters. The fraction of sp³-hybridized carbons (Fsp3) is 0.231. The number of hydrogen-bond acceptors (Lipinski definition) is 5. The van der Waals surface area contributed by atoms with Crippen LogP contribution >= 0.6 is 11.6 Å². The first kappa shape index (κ1) is 23.1. The van der Waals surface area contributed by atoms with Gasteiger partial charge in [0, 0.05) is 61.0 Å². The number of phenols is 1. The van der Waals surface area contributed by atoms with Gasteiger partial charge in [-0.25, -0.2) is 9.18 Å². The van der Waals surface area contributed by atoms with Crippen LogP contribution in [-0.2, 0) is 7.05 Å². The number of rotatable bonds is 4. The Labute approximate surface area is 206 Å². The molecule has 35 heavy (non-hydrogen) atoms. The van der Waals surface area contributed by atoms with E-state index < -0.39 is 5.82 Å². The zero-order valence-electron chi connectivity index (χ0n) is 19.4. The largest absolute Gasteiger partial charge is 0.507 e. The predicted molar refractivity (Wildman–Crippen MR) is 136 cm³/mol. The highest BCUT2D eigenvalue weighted by Crippen LogP contribution is 2.41. The number of aryl methyl sites for hydroxylation is 1. The summed E-state index contributed by atoms with van der Waals surface area (Å²) in [7, 11) is 1.65. The number of phenolic OH excluding ortho intramolecular Hbond substituents is 1. The molecule has 4 aromatic rings. The van der Waals surface area contributed by atoms with Gasteiger partial charge >= 0.3 is 5.69 Å². The number of anilines is 1. The molecule has 2 aromatic heterocycles. The minimum atomic E-state index is -0.506. The van der Waals surface area contributed by atoms with E-state index in [0.717, 1.165) is 18.7 Å². The minimum Gasteiger partial charge on any atom is -0.507 e. The third kappa shape index (κ3) is 4.31. The quantitative estimate of drug-likeness (QED) is 0.441. The number of benzene rings is 2. The van der Waals surface area contributed by atoms with E-state index in [1.165, 1.54) is 21.3 Å². The van der Waals surface area contributed by atoms with Gasteiger partial charge in [0.15, 0.2) is 0 Å². The van der Waals surface area contributed by atoms with Gasteiger partial charge in [-0.15, -0.1) is 0 Å². The summed E-state index contributed by atoms with van der Waals surface area (Å²) in [5.41, 5.74) is 8.82. The smallest absolute Gasteiger partial charge is 0.332 e. The van der Waals surface area contributed by atoms with Crippen molar-refractivity contribution in [2.75, 3.05) is 18.0 Å². The van der Waals surface area contributed by atoms with E-state index in [0.29, 0.717) is 33.9 Å². The lowest BCUT2D eigenvalue weighted by Gasteiger charge is -2.22. The van der Waals surface area contributed by atoms with Gasteiger partial charge in [0.25, 0.3) is 0 Å². The van der Waals surface area contributed by atoms with Crippen molar-refractivity contribution < 1.29 is 9.50 Å². The molecular formula is C26H25ClFN5O2. The second-order valence-corrected chi connectivity index (χ2v) is 9.74. The SMILES string of the molecule is Cn1ccn(-c2ccc(-c3cc(F)cc(-c4cncc(N5CC[C@@](C)(N)C5)c4)c3O)cc2Cl)c1=O. The Balaban J connectivity index is 1.54. The highest BCUT2D eigenvalue weighted by Gasteiger charge is 2.30. The fourth-order valence-electron chi connectivity index (χ4n) is 4.51. The van der Waals surface area contributed by atoms with Crippen LogP contribution in [0.15, 0.2) is 66.0 Å². The van der Waals surface area contributed by atoms with Crippen LogP contribution in [0.1, 0.15) is 13.3 Å². The van der Waals surface area contributed by atoms with Crippen molar-refractivity contribution in [3.05, 3.63) is 82.5 Å². The topological polar surface area (TPSA) is 89.3 Å². The number of aromatic hydroxyl groups is 1. The van der Waals surface area contributed by atoms with Crippen LogP contribution in [0.3, 0.4) is 0 Å². The van der Waals surface area contributed by atoms with Crippen molar-refractivity contribution in [1.82, 2.24) is 14.1 Å². The molecule has 1 saturated heterocycles. The van der Waals surface area contributed by atoms with Crippen molar-refractivity contribution in [2.45, 2.75) is 18.9 Å². The number of aromatic nitrogens is 3. The summed E-state index contributed by atoms with van der Waals surface area (Å²) in [6.45, 7) is 3.50. The molecule has 9 heteroatoms. The van der Waals surface area contributed by atoms with Crippen LogP contribution in [0.25, 0.3) is 27.9 Å². The minimum absolute atomic E-state index is 0.0869. The standard InChI is InChI=1S/C26H25ClFN5O2/c1-26(29)5-6-32(15-26)19-9-17(13-30-14-19)21-12-18(28)11-20(24(21)34)16-3-4-23(22(27)10-16)33-8-7-31(2)25(33)35/h3-4,7-14,34H,5-6,15,29H2,1-2H3/t26-/m1/s1. The first-order valence-corrected chi connectivity index (χ1v) is 11.6. The van der Waals surface area contributed by atoms with Gasteiger partial charge in [0.05, 0.1) is 22.6 Å². The number of nitrogens with two attached hydrogens (primary N) is 1. The molecule has 1 aliphatic rings. The molecule has 0 amide bonds. The highest BCUT2D eigenvalue weighted by molar-refractivity contribution is 6.32. The maximum atomic E-state index is 14.7. The van der Waals surface area contributed by atoms with Gasteiger partial charge < -0.3 is 20.3 Å². The van der Waals surface area contributed by atoms with Gasteiger partial charge in [-0.1, -0.05) is 17.7 Å². The van der Waals surface area contributed by atoms with Crippen molar-refractivity contribution in [2.24, 2.45) is 12.8 Å². The molecule has 0 radical (unpaired) electrons. The van der Waals surface area contributed by atoms with Crippen molar-refractivity contribution in [3.63, 3.8) is 0 Å². The van der Waals surface area contributed by atoms with Gasteiger partial charge in [0.1, 0.15) is 11.6 Å². The Morgan fingerprint density at radius 1 is 1.11 bits per heavy atom. The number of hydrogen-bond donors (Lipinski definition) is 2. The summed E-state index contributed by atoms with van der Waals surface area (Å²) < 4.78 is 17.6. The van der Waals surface area contributed by atoms with E-state index in [2.05, 4.69) is 9.88 Å². The van der Waals surface area contributed by atoms with Crippen LogP contribution in [0.5, 0.6) is 5.75 Å². The van der Waals surface area contributed by atoms with E-state index in [1.54, 1.807) is 50.0 Å². The molecule has 1 fully saturated rings. The molecule has 0 bridgehead atoms. The summed E-state index contributed by atoms with van der Waals surface area (Å²) in [5.74, 6) is -0.593. The molecule has 3 heterocycles. The van der Waals surface area contributed by atoms with Gasteiger partial charge in [0.2, 0.25) is 0 Å². The van der Waals surface area contributed by atoms with Crippen molar-refractivity contribution in [3.8, 4) is 33.7 Å². The van der Waals surface area contributed by atoms with E-state index >= 15 is 0 Å². The lowest BCUT2D eigenvalue weighted by atomic mass is 9.97. The third-order valence-corrected chi connectivity index (χ3v) is 6.75. The molecule has 0 unspecified atom stereocenters. The second kappa shape index (κ2) is 8.55. The summed E-state index contributed by atoms with van der Waals surface area (Å²) >= 11 is 6.49. The van der Waals surface area contributed by atoms with E-state index in [9.17, 15) is 14.3 Å². The zero-order valence-corrected chi connectivity index (χ0v) is 20.1.